The number of carbonyl (C=O) groups is 2. The Hall–Kier alpha value is -1.78. The molecule has 110 valence electrons. The van der Waals surface area contributed by atoms with Crippen LogP contribution in [0.5, 0.6) is 0 Å². The largest absolute Gasteiger partial charge is 0.296 e. The lowest BCUT2D eigenvalue weighted by atomic mass is 9.89. The van der Waals surface area contributed by atoms with Crippen molar-refractivity contribution in [2.24, 2.45) is 5.92 Å². The Morgan fingerprint density at radius 2 is 2.05 bits per heavy atom. The number of rotatable bonds is 5. The summed E-state index contributed by atoms with van der Waals surface area (Å²) in [6.45, 7) is 2.98. The molecule has 1 aromatic carbocycles. The summed E-state index contributed by atoms with van der Waals surface area (Å²) in [6, 6.07) is 5.04. The Kier molecular flexibility index (Phi) is 5.20. The summed E-state index contributed by atoms with van der Waals surface area (Å²) in [5, 5.41) is 20.1. The lowest BCUT2D eigenvalue weighted by Crippen LogP contribution is -2.35. The van der Waals surface area contributed by atoms with E-state index in [9.17, 15) is 19.7 Å². The fraction of sp³-hybridized carbons (Fsp3) is 0.308. The lowest BCUT2D eigenvalue weighted by Gasteiger charge is -2.17. The number of carbonyl (C=O) groups excluding carboxylic acids is 2. The summed E-state index contributed by atoms with van der Waals surface area (Å²) in [6.07, 6.45) is 0. The van der Waals surface area contributed by atoms with Gasteiger partial charge in [0, 0.05) is 11.1 Å². The molecule has 1 aromatic rings. The number of nitro benzene ring substituents is 1. The van der Waals surface area contributed by atoms with Crippen LogP contribution in [0.3, 0.4) is 0 Å². The minimum atomic E-state index is -1.63. The molecule has 0 aliphatic rings. The van der Waals surface area contributed by atoms with Crippen LogP contribution in [0.4, 0.5) is 5.69 Å². The Bertz CT molecular complexity index is 661. The van der Waals surface area contributed by atoms with Crippen molar-refractivity contribution >= 4 is 44.8 Å². The molecule has 0 amide bonds. The lowest BCUT2D eigenvalue weighted by molar-refractivity contribution is -0.385. The highest BCUT2D eigenvalue weighted by molar-refractivity contribution is 9.10. The van der Waals surface area contributed by atoms with E-state index >= 15 is 0 Å². The molecular formula is C13H10BrClN2O4. The first-order chi connectivity index (χ1) is 9.59. The van der Waals surface area contributed by atoms with Crippen molar-refractivity contribution in [2.75, 3.05) is 0 Å². The molecule has 0 aromatic heterocycles. The molecule has 21 heavy (non-hydrogen) atoms. The Balaban J connectivity index is 3.34. The average Bonchev–Trinajstić information content (AvgIpc) is 2.37. The highest BCUT2D eigenvalue weighted by Crippen LogP contribution is 2.28. The van der Waals surface area contributed by atoms with Crippen molar-refractivity contribution in [1.29, 1.82) is 5.26 Å². The van der Waals surface area contributed by atoms with Gasteiger partial charge in [-0.1, -0.05) is 27.5 Å². The molecule has 0 fully saturated rings. The molecule has 1 atom stereocenters. The number of benzene rings is 1. The van der Waals surface area contributed by atoms with E-state index < -0.39 is 32.4 Å². The van der Waals surface area contributed by atoms with Crippen LogP contribution in [0.2, 0.25) is 5.02 Å². The van der Waals surface area contributed by atoms with Gasteiger partial charge in [0.25, 0.3) is 5.69 Å². The number of Topliss-reactive ketones (excluding diaryl/α,β-unsaturated/α-hetero) is 2. The fourth-order valence-corrected chi connectivity index (χ4v) is 1.99. The van der Waals surface area contributed by atoms with Crippen molar-refractivity contribution in [3.05, 3.63) is 38.9 Å². The number of ketones is 2. The topological polar surface area (TPSA) is 101 Å². The predicted molar refractivity (Wildman–Crippen MR) is 79.6 cm³/mol. The van der Waals surface area contributed by atoms with Gasteiger partial charge in [0.05, 0.1) is 20.9 Å². The molecule has 0 spiro atoms. The molecule has 0 saturated heterocycles. The molecule has 1 unspecified atom stereocenters. The van der Waals surface area contributed by atoms with E-state index in [0.29, 0.717) is 0 Å². The summed E-state index contributed by atoms with van der Waals surface area (Å²) >= 11 is 8.74. The number of halogens is 2. The Morgan fingerprint density at radius 3 is 2.48 bits per heavy atom. The number of hydrogen-bond donors (Lipinski definition) is 0. The zero-order valence-electron chi connectivity index (χ0n) is 11.1. The van der Waals surface area contributed by atoms with Gasteiger partial charge in [-0.3, -0.25) is 19.7 Å². The molecule has 6 nitrogen and oxygen atoms in total. The minimum absolute atomic E-state index is 0.0823. The second-order valence-electron chi connectivity index (χ2n) is 4.68. The molecule has 1 rings (SSSR count). The molecule has 0 saturated carbocycles. The van der Waals surface area contributed by atoms with Gasteiger partial charge in [0.15, 0.2) is 17.5 Å². The van der Waals surface area contributed by atoms with E-state index in [-0.39, 0.29) is 10.6 Å². The van der Waals surface area contributed by atoms with Crippen LogP contribution in [0.1, 0.15) is 24.2 Å². The van der Waals surface area contributed by atoms with Gasteiger partial charge in [-0.25, -0.2) is 0 Å². The van der Waals surface area contributed by atoms with E-state index in [4.69, 9.17) is 16.9 Å². The summed E-state index contributed by atoms with van der Waals surface area (Å²) in [4.78, 5) is 34.6. The quantitative estimate of drug-likeness (QED) is 0.259. The van der Waals surface area contributed by atoms with Crippen LogP contribution in [0, 0.1) is 27.4 Å². The van der Waals surface area contributed by atoms with Crippen molar-refractivity contribution < 1.29 is 14.5 Å². The van der Waals surface area contributed by atoms with Crippen LogP contribution in [-0.4, -0.2) is 20.8 Å². The van der Waals surface area contributed by atoms with E-state index in [1.807, 2.05) is 0 Å². The number of nitrogens with zero attached hydrogens (tertiary/aromatic N) is 2. The second kappa shape index (κ2) is 6.33. The highest BCUT2D eigenvalue weighted by atomic mass is 79.9. The van der Waals surface area contributed by atoms with E-state index in [2.05, 4.69) is 15.9 Å². The van der Waals surface area contributed by atoms with Crippen molar-refractivity contribution in [2.45, 2.75) is 18.2 Å². The second-order valence-corrected chi connectivity index (χ2v) is 7.10. The van der Waals surface area contributed by atoms with Gasteiger partial charge in [0.1, 0.15) is 0 Å². The Labute approximate surface area is 134 Å². The molecule has 0 N–H and O–H groups in total. The molecule has 0 radical (unpaired) electrons. The average molecular weight is 374 g/mol. The molecule has 0 aliphatic carbocycles. The normalized spacial score (nSPS) is 12.3. The standard InChI is InChI=1S/C13H10BrClN2O4/c1-13(2,14)12(19)9(6-16)11(18)8-4-3-7(15)5-10(8)17(20)21/h3-5,9H,1-2H3. The maximum atomic E-state index is 12.3. The van der Waals surface area contributed by atoms with Gasteiger partial charge in [0.2, 0.25) is 0 Å². The maximum absolute atomic E-state index is 12.3. The van der Waals surface area contributed by atoms with E-state index in [1.54, 1.807) is 6.07 Å². The van der Waals surface area contributed by atoms with Crippen LogP contribution < -0.4 is 0 Å². The van der Waals surface area contributed by atoms with E-state index in [1.165, 1.54) is 19.9 Å². The smallest absolute Gasteiger partial charge is 0.281 e. The number of nitriles is 1. The molecule has 0 heterocycles. The number of hydrogen-bond acceptors (Lipinski definition) is 5. The zero-order chi connectivity index (χ0) is 16.4. The maximum Gasteiger partial charge on any atom is 0.281 e. The van der Waals surface area contributed by atoms with E-state index in [0.717, 1.165) is 12.1 Å². The van der Waals surface area contributed by atoms with Crippen LogP contribution >= 0.6 is 27.5 Å². The number of nitro groups is 1. The van der Waals surface area contributed by atoms with Crippen molar-refractivity contribution in [3.63, 3.8) is 0 Å². The minimum Gasteiger partial charge on any atom is -0.296 e. The monoisotopic (exact) mass is 372 g/mol. The SMILES string of the molecule is CC(C)(Br)C(=O)C(C#N)C(=O)c1ccc(Cl)cc1[N+](=O)[O-]. The third-order valence-electron chi connectivity index (χ3n) is 2.66. The highest BCUT2D eigenvalue weighted by Gasteiger charge is 2.38. The first-order valence-electron chi connectivity index (χ1n) is 5.70. The third-order valence-corrected chi connectivity index (χ3v) is 3.29. The van der Waals surface area contributed by atoms with Crippen molar-refractivity contribution in [1.82, 2.24) is 0 Å². The number of alkyl halides is 1. The van der Waals surface area contributed by atoms with Gasteiger partial charge >= 0.3 is 0 Å². The first-order valence-corrected chi connectivity index (χ1v) is 6.87. The molecule has 0 bridgehead atoms. The summed E-state index contributed by atoms with van der Waals surface area (Å²) in [5.74, 6) is -3.21. The summed E-state index contributed by atoms with van der Waals surface area (Å²) in [5.41, 5.74) is -0.853. The summed E-state index contributed by atoms with van der Waals surface area (Å²) in [7, 11) is 0. The van der Waals surface area contributed by atoms with Gasteiger partial charge in [-0.05, 0) is 26.0 Å². The fourth-order valence-electron chi connectivity index (χ4n) is 1.60. The molecular weight excluding hydrogens is 364 g/mol. The van der Waals surface area contributed by atoms with Crippen LogP contribution in [0.15, 0.2) is 18.2 Å². The predicted octanol–water partition coefficient (Wildman–Crippen LogP) is 3.31. The van der Waals surface area contributed by atoms with Crippen LogP contribution in [-0.2, 0) is 4.79 Å². The summed E-state index contributed by atoms with van der Waals surface area (Å²) < 4.78 is -1.09. The zero-order valence-corrected chi connectivity index (χ0v) is 13.4. The molecule has 0 aliphatic heterocycles. The van der Waals surface area contributed by atoms with Crippen LogP contribution in [0.25, 0.3) is 0 Å². The third kappa shape index (κ3) is 3.86. The molecule has 8 heteroatoms. The van der Waals surface area contributed by atoms with Gasteiger partial charge in [-0.2, -0.15) is 5.26 Å². The Morgan fingerprint density at radius 1 is 1.48 bits per heavy atom. The van der Waals surface area contributed by atoms with Crippen molar-refractivity contribution in [3.8, 4) is 6.07 Å². The van der Waals surface area contributed by atoms with Gasteiger partial charge in [-0.15, -0.1) is 0 Å². The van der Waals surface area contributed by atoms with Gasteiger partial charge < -0.3 is 0 Å². The first kappa shape index (κ1) is 17.3.